The SMILES string of the molecule is C=C(C)Nc1nc(N2CCCCCC2)nc2cn[nH]c(=O)c12. The highest BCUT2D eigenvalue weighted by molar-refractivity contribution is 5.89. The van der Waals surface area contributed by atoms with Crippen molar-refractivity contribution in [3.05, 3.63) is 28.8 Å². The quantitative estimate of drug-likeness (QED) is 0.902. The predicted molar refractivity (Wildman–Crippen MR) is 87.1 cm³/mol. The number of H-pyrrole nitrogens is 1. The van der Waals surface area contributed by atoms with E-state index in [4.69, 9.17) is 0 Å². The molecule has 0 atom stereocenters. The summed E-state index contributed by atoms with van der Waals surface area (Å²) in [5.74, 6) is 1.13. The molecule has 22 heavy (non-hydrogen) atoms. The summed E-state index contributed by atoms with van der Waals surface area (Å²) < 4.78 is 0. The van der Waals surface area contributed by atoms with Crippen LogP contribution in [0.2, 0.25) is 0 Å². The lowest BCUT2D eigenvalue weighted by Crippen LogP contribution is -2.27. The van der Waals surface area contributed by atoms with Gasteiger partial charge < -0.3 is 10.2 Å². The van der Waals surface area contributed by atoms with Gasteiger partial charge in [0.05, 0.1) is 6.20 Å². The van der Waals surface area contributed by atoms with Gasteiger partial charge in [-0.3, -0.25) is 4.79 Å². The largest absolute Gasteiger partial charge is 0.344 e. The smallest absolute Gasteiger partial charge is 0.277 e. The van der Waals surface area contributed by atoms with E-state index in [1.165, 1.54) is 12.8 Å². The normalized spacial score (nSPS) is 15.6. The third-order valence-electron chi connectivity index (χ3n) is 3.73. The first-order chi connectivity index (χ1) is 10.6. The van der Waals surface area contributed by atoms with E-state index in [9.17, 15) is 4.79 Å². The molecule has 1 aliphatic heterocycles. The zero-order chi connectivity index (χ0) is 15.5. The van der Waals surface area contributed by atoms with Gasteiger partial charge in [-0.25, -0.2) is 10.1 Å². The van der Waals surface area contributed by atoms with Crippen LogP contribution < -0.4 is 15.8 Å². The molecule has 7 heteroatoms. The Hall–Kier alpha value is -2.44. The number of allylic oxidation sites excluding steroid dienone is 1. The average Bonchev–Trinajstić information content (AvgIpc) is 2.75. The second kappa shape index (κ2) is 6.13. The maximum absolute atomic E-state index is 12.0. The van der Waals surface area contributed by atoms with Crippen LogP contribution >= 0.6 is 0 Å². The number of anilines is 2. The molecule has 116 valence electrons. The van der Waals surface area contributed by atoms with Crippen molar-refractivity contribution in [1.82, 2.24) is 20.2 Å². The van der Waals surface area contributed by atoms with Crippen LogP contribution in [0.5, 0.6) is 0 Å². The number of fused-ring (bicyclic) bond motifs is 1. The van der Waals surface area contributed by atoms with E-state index in [0.717, 1.165) is 31.6 Å². The predicted octanol–water partition coefficient (Wildman–Crippen LogP) is 2.04. The Bertz CT molecular complexity index is 745. The van der Waals surface area contributed by atoms with Crippen LogP contribution in [0.4, 0.5) is 11.8 Å². The highest BCUT2D eigenvalue weighted by Gasteiger charge is 2.17. The molecule has 0 bridgehead atoms. The number of hydrogen-bond donors (Lipinski definition) is 2. The molecule has 2 aromatic heterocycles. The lowest BCUT2D eigenvalue weighted by Gasteiger charge is -2.21. The second-order valence-corrected chi connectivity index (χ2v) is 5.64. The minimum absolute atomic E-state index is 0.302. The van der Waals surface area contributed by atoms with Gasteiger partial charge in [0.2, 0.25) is 5.95 Å². The van der Waals surface area contributed by atoms with Crippen molar-refractivity contribution in [1.29, 1.82) is 0 Å². The molecule has 1 aliphatic rings. The van der Waals surface area contributed by atoms with E-state index in [1.807, 2.05) is 6.92 Å². The van der Waals surface area contributed by atoms with E-state index in [-0.39, 0.29) is 5.56 Å². The van der Waals surface area contributed by atoms with E-state index >= 15 is 0 Å². The van der Waals surface area contributed by atoms with Gasteiger partial charge in [0.15, 0.2) is 0 Å². The molecule has 3 heterocycles. The summed E-state index contributed by atoms with van der Waals surface area (Å²) in [5.41, 5.74) is 0.962. The minimum atomic E-state index is -0.302. The third-order valence-corrected chi connectivity index (χ3v) is 3.73. The molecule has 2 aromatic rings. The lowest BCUT2D eigenvalue weighted by atomic mass is 10.2. The number of aromatic amines is 1. The van der Waals surface area contributed by atoms with Crippen LogP contribution in [-0.4, -0.2) is 33.3 Å². The summed E-state index contributed by atoms with van der Waals surface area (Å²) in [6.45, 7) is 7.54. The first kappa shape index (κ1) is 14.5. The van der Waals surface area contributed by atoms with E-state index in [0.29, 0.717) is 22.7 Å². The molecule has 0 aliphatic carbocycles. The molecule has 0 amide bonds. The van der Waals surface area contributed by atoms with Gasteiger partial charge >= 0.3 is 0 Å². The summed E-state index contributed by atoms with van der Waals surface area (Å²) >= 11 is 0. The van der Waals surface area contributed by atoms with Crippen LogP contribution in [0.25, 0.3) is 10.9 Å². The number of nitrogens with one attached hydrogen (secondary N) is 2. The van der Waals surface area contributed by atoms with Crippen molar-refractivity contribution in [3.63, 3.8) is 0 Å². The Morgan fingerprint density at radius 1 is 1.27 bits per heavy atom. The molecule has 3 rings (SSSR count). The van der Waals surface area contributed by atoms with Crippen molar-refractivity contribution in [2.45, 2.75) is 32.6 Å². The van der Waals surface area contributed by atoms with Crippen LogP contribution in [0, 0.1) is 0 Å². The van der Waals surface area contributed by atoms with Gasteiger partial charge in [-0.1, -0.05) is 19.4 Å². The Labute approximate surface area is 128 Å². The monoisotopic (exact) mass is 300 g/mol. The molecule has 0 aromatic carbocycles. The maximum Gasteiger partial charge on any atom is 0.277 e. The molecule has 1 fully saturated rings. The van der Waals surface area contributed by atoms with Gasteiger partial charge in [-0.05, 0) is 19.8 Å². The van der Waals surface area contributed by atoms with Gasteiger partial charge in [0.1, 0.15) is 16.7 Å². The fourth-order valence-corrected chi connectivity index (χ4v) is 2.70. The molecule has 0 radical (unpaired) electrons. The van der Waals surface area contributed by atoms with E-state index < -0.39 is 0 Å². The van der Waals surface area contributed by atoms with Gasteiger partial charge in [-0.2, -0.15) is 10.1 Å². The van der Waals surface area contributed by atoms with Crippen LogP contribution in [0.15, 0.2) is 23.3 Å². The summed E-state index contributed by atoms with van der Waals surface area (Å²) in [4.78, 5) is 23.3. The Kier molecular flexibility index (Phi) is 4.04. The molecule has 2 N–H and O–H groups in total. The number of aromatic nitrogens is 4. The number of rotatable bonds is 3. The first-order valence-corrected chi connectivity index (χ1v) is 7.58. The molecule has 0 spiro atoms. The minimum Gasteiger partial charge on any atom is -0.344 e. The molecule has 0 saturated carbocycles. The topological polar surface area (TPSA) is 86.8 Å². The Morgan fingerprint density at radius 3 is 2.68 bits per heavy atom. The Morgan fingerprint density at radius 2 is 2.00 bits per heavy atom. The third kappa shape index (κ3) is 2.93. The summed E-state index contributed by atoms with van der Waals surface area (Å²) in [5, 5.41) is 9.75. The van der Waals surface area contributed by atoms with Gasteiger partial charge in [-0.15, -0.1) is 0 Å². The number of nitrogens with zero attached hydrogens (tertiary/aromatic N) is 4. The van der Waals surface area contributed by atoms with Crippen molar-refractivity contribution in [3.8, 4) is 0 Å². The van der Waals surface area contributed by atoms with Crippen LogP contribution in [0.3, 0.4) is 0 Å². The van der Waals surface area contributed by atoms with Crippen LogP contribution in [-0.2, 0) is 0 Å². The highest BCUT2D eigenvalue weighted by atomic mass is 16.1. The molecule has 0 unspecified atom stereocenters. The highest BCUT2D eigenvalue weighted by Crippen LogP contribution is 2.23. The van der Waals surface area contributed by atoms with Crippen molar-refractivity contribution in [2.24, 2.45) is 0 Å². The summed E-state index contributed by atoms with van der Waals surface area (Å²) in [7, 11) is 0. The van der Waals surface area contributed by atoms with Gasteiger partial charge in [0.25, 0.3) is 5.56 Å². The first-order valence-electron chi connectivity index (χ1n) is 7.58. The molecular weight excluding hydrogens is 280 g/mol. The average molecular weight is 300 g/mol. The van der Waals surface area contributed by atoms with E-state index in [2.05, 4.69) is 37.0 Å². The fraction of sp³-hybridized carbons (Fsp3) is 0.467. The van der Waals surface area contributed by atoms with Crippen molar-refractivity contribution < 1.29 is 0 Å². The second-order valence-electron chi connectivity index (χ2n) is 5.64. The van der Waals surface area contributed by atoms with Crippen molar-refractivity contribution >= 4 is 22.7 Å². The Balaban J connectivity index is 2.11. The van der Waals surface area contributed by atoms with Gasteiger partial charge in [0, 0.05) is 18.8 Å². The van der Waals surface area contributed by atoms with Crippen LogP contribution in [0.1, 0.15) is 32.6 Å². The molecule has 1 saturated heterocycles. The molecule has 7 nitrogen and oxygen atoms in total. The summed E-state index contributed by atoms with van der Waals surface area (Å²) in [6, 6.07) is 0. The van der Waals surface area contributed by atoms with Crippen molar-refractivity contribution in [2.75, 3.05) is 23.3 Å². The maximum atomic E-state index is 12.0. The standard InChI is InChI=1S/C15H20N6O/c1-10(2)17-13-12-11(9-16-20-14(12)22)18-15(19-13)21-7-5-3-4-6-8-21/h9H,1,3-8H2,2H3,(H,20,22)(H,17,18,19). The number of hydrogen-bond acceptors (Lipinski definition) is 6. The van der Waals surface area contributed by atoms with E-state index in [1.54, 1.807) is 6.20 Å². The zero-order valence-electron chi connectivity index (χ0n) is 12.7. The summed E-state index contributed by atoms with van der Waals surface area (Å²) in [6.07, 6.45) is 6.31. The lowest BCUT2D eigenvalue weighted by molar-refractivity contribution is 0.726. The molecular formula is C15H20N6O. The fourth-order valence-electron chi connectivity index (χ4n) is 2.70. The zero-order valence-corrected chi connectivity index (χ0v) is 12.7.